The number of halogens is 2. The van der Waals surface area contributed by atoms with Crippen molar-refractivity contribution < 1.29 is 4.74 Å². The average Bonchev–Trinajstić information content (AvgIpc) is 2.40. The number of rotatable bonds is 3. The lowest BCUT2D eigenvalue weighted by Crippen LogP contribution is -2.13. The normalized spacial score (nSPS) is 12.3. The van der Waals surface area contributed by atoms with E-state index in [0.717, 1.165) is 26.9 Å². The first-order valence-electron chi connectivity index (χ1n) is 5.88. The second kappa shape index (κ2) is 6.24. The molecule has 2 aromatic rings. The zero-order valence-corrected chi connectivity index (χ0v) is 14.5. The topological polar surface area (TPSA) is 35.2 Å². The summed E-state index contributed by atoms with van der Waals surface area (Å²) in [4.78, 5) is 0. The first kappa shape index (κ1) is 14.8. The smallest absolute Gasteiger partial charge is 0.121 e. The number of benzene rings is 2. The molecule has 19 heavy (non-hydrogen) atoms. The molecular formula is C15H15BrINO. The molecule has 0 heterocycles. The molecule has 1 unspecified atom stereocenters. The Kier molecular flexibility index (Phi) is 4.86. The molecule has 0 aliphatic carbocycles. The van der Waals surface area contributed by atoms with Crippen LogP contribution >= 0.6 is 38.5 Å². The lowest BCUT2D eigenvalue weighted by molar-refractivity contribution is 0.411. The lowest BCUT2D eigenvalue weighted by Gasteiger charge is -2.16. The third kappa shape index (κ3) is 3.30. The highest BCUT2D eigenvalue weighted by Gasteiger charge is 2.14. The minimum Gasteiger partial charge on any atom is -0.496 e. The maximum atomic E-state index is 6.37. The zero-order chi connectivity index (χ0) is 14.0. The van der Waals surface area contributed by atoms with Gasteiger partial charge in [0.25, 0.3) is 0 Å². The Morgan fingerprint density at radius 2 is 1.95 bits per heavy atom. The summed E-state index contributed by atoms with van der Waals surface area (Å²) in [6.07, 6.45) is 0. The Morgan fingerprint density at radius 3 is 2.58 bits per heavy atom. The number of nitrogens with two attached hydrogens (primary N) is 1. The van der Waals surface area contributed by atoms with Gasteiger partial charge in [0.15, 0.2) is 0 Å². The number of methoxy groups -OCH3 is 1. The predicted octanol–water partition coefficient (Wildman–Crippen LogP) is 4.42. The minimum absolute atomic E-state index is 0.145. The minimum atomic E-state index is -0.145. The van der Waals surface area contributed by atoms with Gasteiger partial charge in [-0.25, -0.2) is 0 Å². The summed E-state index contributed by atoms with van der Waals surface area (Å²) in [7, 11) is 1.68. The molecule has 1 atom stereocenters. The number of ether oxygens (including phenoxy) is 1. The molecule has 2 aromatic carbocycles. The molecule has 0 aromatic heterocycles. The fraction of sp³-hybridized carbons (Fsp3) is 0.200. The van der Waals surface area contributed by atoms with Crippen molar-refractivity contribution in [1.82, 2.24) is 0 Å². The van der Waals surface area contributed by atoms with Crippen LogP contribution in [0, 0.1) is 10.5 Å². The molecule has 0 saturated carbocycles. The van der Waals surface area contributed by atoms with E-state index < -0.39 is 0 Å². The summed E-state index contributed by atoms with van der Waals surface area (Å²) < 4.78 is 7.49. The van der Waals surface area contributed by atoms with Crippen LogP contribution in [0.5, 0.6) is 5.75 Å². The fourth-order valence-corrected chi connectivity index (χ4v) is 3.04. The Bertz CT molecular complexity index is 601. The van der Waals surface area contributed by atoms with Crippen LogP contribution in [0.3, 0.4) is 0 Å². The molecule has 0 radical (unpaired) electrons. The average molecular weight is 432 g/mol. The molecule has 0 saturated heterocycles. The van der Waals surface area contributed by atoms with Crippen LogP contribution in [-0.4, -0.2) is 7.11 Å². The van der Waals surface area contributed by atoms with E-state index in [1.165, 1.54) is 3.57 Å². The maximum absolute atomic E-state index is 6.37. The van der Waals surface area contributed by atoms with Gasteiger partial charge >= 0.3 is 0 Å². The van der Waals surface area contributed by atoms with Gasteiger partial charge in [0.2, 0.25) is 0 Å². The van der Waals surface area contributed by atoms with Gasteiger partial charge in [-0.05, 0) is 70.5 Å². The van der Waals surface area contributed by atoms with Gasteiger partial charge in [-0.2, -0.15) is 0 Å². The van der Waals surface area contributed by atoms with E-state index in [2.05, 4.69) is 56.7 Å². The largest absolute Gasteiger partial charge is 0.496 e. The van der Waals surface area contributed by atoms with Crippen molar-refractivity contribution in [2.75, 3.05) is 7.11 Å². The Balaban J connectivity index is 2.41. The van der Waals surface area contributed by atoms with Crippen LogP contribution in [0.15, 0.2) is 40.9 Å². The van der Waals surface area contributed by atoms with Gasteiger partial charge in [0.05, 0.1) is 13.2 Å². The summed E-state index contributed by atoms with van der Waals surface area (Å²) in [5.74, 6) is 0.887. The van der Waals surface area contributed by atoms with E-state index >= 15 is 0 Å². The Labute approximate surface area is 135 Å². The zero-order valence-electron chi connectivity index (χ0n) is 10.8. The third-order valence-corrected chi connectivity index (χ3v) is 4.46. The molecule has 2 nitrogen and oxygen atoms in total. The van der Waals surface area contributed by atoms with Gasteiger partial charge in [-0.1, -0.05) is 28.1 Å². The van der Waals surface area contributed by atoms with Crippen molar-refractivity contribution in [3.8, 4) is 5.75 Å². The highest BCUT2D eigenvalue weighted by molar-refractivity contribution is 14.1. The third-order valence-electron chi connectivity index (χ3n) is 3.07. The molecule has 0 aliphatic rings. The van der Waals surface area contributed by atoms with Crippen LogP contribution in [0.2, 0.25) is 0 Å². The molecule has 0 amide bonds. The van der Waals surface area contributed by atoms with Crippen molar-refractivity contribution in [2.24, 2.45) is 5.73 Å². The summed E-state index contributed by atoms with van der Waals surface area (Å²) >= 11 is 5.86. The second-order valence-electron chi connectivity index (χ2n) is 4.37. The first-order valence-corrected chi connectivity index (χ1v) is 7.75. The summed E-state index contributed by atoms with van der Waals surface area (Å²) in [6.45, 7) is 2.03. The SMILES string of the molecule is COc1ccc(C(N)c2cc(I)ccc2Br)cc1C. The van der Waals surface area contributed by atoms with E-state index in [1.54, 1.807) is 7.11 Å². The van der Waals surface area contributed by atoms with Gasteiger partial charge in [-0.15, -0.1) is 0 Å². The quantitative estimate of drug-likeness (QED) is 0.730. The molecule has 0 fully saturated rings. The second-order valence-corrected chi connectivity index (χ2v) is 6.47. The highest BCUT2D eigenvalue weighted by Crippen LogP contribution is 2.30. The number of hydrogen-bond acceptors (Lipinski definition) is 2. The molecule has 2 N–H and O–H groups in total. The Hall–Kier alpha value is -0.590. The molecule has 0 aliphatic heterocycles. The lowest BCUT2D eigenvalue weighted by atomic mass is 9.98. The summed E-state index contributed by atoms with van der Waals surface area (Å²) in [5, 5.41) is 0. The van der Waals surface area contributed by atoms with Crippen molar-refractivity contribution in [3.05, 3.63) is 61.1 Å². The molecular weight excluding hydrogens is 417 g/mol. The summed E-state index contributed by atoms with van der Waals surface area (Å²) in [5.41, 5.74) is 9.65. The fourth-order valence-electron chi connectivity index (χ4n) is 2.03. The first-order chi connectivity index (χ1) is 9.02. The molecule has 100 valence electrons. The molecule has 4 heteroatoms. The van der Waals surface area contributed by atoms with Gasteiger partial charge < -0.3 is 10.5 Å². The molecule has 0 bridgehead atoms. The van der Waals surface area contributed by atoms with Crippen LogP contribution in [0.1, 0.15) is 22.7 Å². The molecule has 2 rings (SSSR count). The molecule has 0 spiro atoms. The number of hydrogen-bond donors (Lipinski definition) is 1. The van der Waals surface area contributed by atoms with E-state index in [1.807, 2.05) is 25.1 Å². The number of aryl methyl sites for hydroxylation is 1. The van der Waals surface area contributed by atoms with E-state index in [0.29, 0.717) is 0 Å². The van der Waals surface area contributed by atoms with Crippen molar-refractivity contribution in [2.45, 2.75) is 13.0 Å². The van der Waals surface area contributed by atoms with Crippen molar-refractivity contribution in [3.63, 3.8) is 0 Å². The van der Waals surface area contributed by atoms with Crippen LogP contribution in [-0.2, 0) is 0 Å². The van der Waals surface area contributed by atoms with Crippen LogP contribution < -0.4 is 10.5 Å². The Morgan fingerprint density at radius 1 is 1.21 bits per heavy atom. The van der Waals surface area contributed by atoms with E-state index in [4.69, 9.17) is 10.5 Å². The maximum Gasteiger partial charge on any atom is 0.121 e. The van der Waals surface area contributed by atoms with Gasteiger partial charge in [-0.3, -0.25) is 0 Å². The van der Waals surface area contributed by atoms with Crippen molar-refractivity contribution >= 4 is 38.5 Å². The summed E-state index contributed by atoms with van der Waals surface area (Å²) in [6, 6.07) is 12.1. The van der Waals surface area contributed by atoms with Crippen LogP contribution in [0.25, 0.3) is 0 Å². The van der Waals surface area contributed by atoms with Crippen LogP contribution in [0.4, 0.5) is 0 Å². The van der Waals surface area contributed by atoms with Gasteiger partial charge in [0, 0.05) is 8.04 Å². The highest BCUT2D eigenvalue weighted by atomic mass is 127. The van der Waals surface area contributed by atoms with Crippen molar-refractivity contribution in [1.29, 1.82) is 0 Å². The van der Waals surface area contributed by atoms with E-state index in [9.17, 15) is 0 Å². The predicted molar refractivity (Wildman–Crippen MR) is 90.6 cm³/mol. The monoisotopic (exact) mass is 431 g/mol. The van der Waals surface area contributed by atoms with E-state index in [-0.39, 0.29) is 6.04 Å². The van der Waals surface area contributed by atoms with Gasteiger partial charge in [0.1, 0.15) is 5.75 Å². The standard InChI is InChI=1S/C15H15BrINO/c1-9-7-10(3-6-14(9)19-2)15(18)12-8-11(17)4-5-13(12)16/h3-8,15H,18H2,1-2H3.